The largest absolute Gasteiger partial charge is 0.399 e. The molecule has 0 spiro atoms. The number of amides is 1. The van der Waals surface area contributed by atoms with Crippen molar-refractivity contribution in [3.8, 4) is 0 Å². The standard InChI is InChI=1S/C21H18FN5OS/c1-11-13(20(28)25-16-5-3-2-4-15(16)24)7-8-14(22)19(11)27-21-26-17-9-6-12(23)10-18(17)29-21/h2-10H,23-24H2,1H3,(H,25,28)(H,26,27). The monoisotopic (exact) mass is 407 g/mol. The van der Waals surface area contributed by atoms with E-state index in [1.165, 1.54) is 23.5 Å². The van der Waals surface area contributed by atoms with E-state index in [0.29, 0.717) is 33.3 Å². The Morgan fingerprint density at radius 2 is 1.90 bits per heavy atom. The first kappa shape index (κ1) is 18.7. The molecule has 29 heavy (non-hydrogen) atoms. The first-order valence-corrected chi connectivity index (χ1v) is 9.62. The van der Waals surface area contributed by atoms with Crippen LogP contribution in [0.15, 0.2) is 54.6 Å². The molecule has 1 amide bonds. The van der Waals surface area contributed by atoms with Gasteiger partial charge in [0.15, 0.2) is 5.13 Å². The number of para-hydroxylation sites is 2. The van der Waals surface area contributed by atoms with Gasteiger partial charge in [-0.3, -0.25) is 4.79 Å². The van der Waals surface area contributed by atoms with E-state index in [4.69, 9.17) is 11.5 Å². The van der Waals surface area contributed by atoms with E-state index in [-0.39, 0.29) is 11.6 Å². The Morgan fingerprint density at radius 1 is 1.10 bits per heavy atom. The van der Waals surface area contributed by atoms with E-state index in [2.05, 4.69) is 15.6 Å². The molecule has 0 atom stereocenters. The molecule has 146 valence electrons. The molecule has 0 aliphatic rings. The summed E-state index contributed by atoms with van der Waals surface area (Å²) < 4.78 is 15.4. The van der Waals surface area contributed by atoms with Crippen LogP contribution in [0.3, 0.4) is 0 Å². The number of hydrogen-bond acceptors (Lipinski definition) is 6. The van der Waals surface area contributed by atoms with Gasteiger partial charge in [0.2, 0.25) is 0 Å². The molecule has 1 heterocycles. The van der Waals surface area contributed by atoms with Gasteiger partial charge in [0.1, 0.15) is 5.82 Å². The normalized spacial score (nSPS) is 10.8. The van der Waals surface area contributed by atoms with Gasteiger partial charge < -0.3 is 22.1 Å². The fourth-order valence-electron chi connectivity index (χ4n) is 2.98. The zero-order chi connectivity index (χ0) is 20.5. The number of benzene rings is 3. The third kappa shape index (κ3) is 3.70. The number of rotatable bonds is 4. The van der Waals surface area contributed by atoms with Crippen LogP contribution in [-0.2, 0) is 0 Å². The van der Waals surface area contributed by atoms with Gasteiger partial charge in [0, 0.05) is 11.3 Å². The maximum Gasteiger partial charge on any atom is 0.256 e. The molecule has 6 N–H and O–H groups in total. The van der Waals surface area contributed by atoms with Crippen LogP contribution >= 0.6 is 11.3 Å². The van der Waals surface area contributed by atoms with Crippen molar-refractivity contribution in [2.75, 3.05) is 22.1 Å². The lowest BCUT2D eigenvalue weighted by Gasteiger charge is -2.14. The van der Waals surface area contributed by atoms with Crippen LogP contribution in [0, 0.1) is 12.7 Å². The minimum atomic E-state index is -0.475. The maximum atomic E-state index is 14.5. The van der Waals surface area contributed by atoms with Crippen molar-refractivity contribution in [2.45, 2.75) is 6.92 Å². The number of nitrogens with two attached hydrogens (primary N) is 2. The number of nitrogens with zero attached hydrogens (tertiary/aromatic N) is 1. The lowest BCUT2D eigenvalue weighted by atomic mass is 10.1. The highest BCUT2D eigenvalue weighted by atomic mass is 32.1. The number of carbonyl (C=O) groups is 1. The Bertz CT molecular complexity index is 1240. The number of thiazole rings is 1. The van der Waals surface area contributed by atoms with Crippen molar-refractivity contribution in [1.29, 1.82) is 0 Å². The molecule has 4 rings (SSSR count). The number of halogens is 1. The third-order valence-electron chi connectivity index (χ3n) is 4.51. The quantitative estimate of drug-likeness (QED) is 0.360. The minimum absolute atomic E-state index is 0.200. The van der Waals surface area contributed by atoms with Crippen LogP contribution in [0.4, 0.5) is 32.3 Å². The van der Waals surface area contributed by atoms with Crippen molar-refractivity contribution in [3.63, 3.8) is 0 Å². The smallest absolute Gasteiger partial charge is 0.256 e. The number of aromatic nitrogens is 1. The maximum absolute atomic E-state index is 14.5. The molecule has 3 aromatic carbocycles. The van der Waals surface area contributed by atoms with Gasteiger partial charge >= 0.3 is 0 Å². The average Bonchev–Trinajstić information content (AvgIpc) is 3.08. The van der Waals surface area contributed by atoms with Gasteiger partial charge in [-0.1, -0.05) is 23.5 Å². The zero-order valence-electron chi connectivity index (χ0n) is 15.5. The highest BCUT2D eigenvalue weighted by Gasteiger charge is 2.17. The van der Waals surface area contributed by atoms with Crippen molar-refractivity contribution >= 4 is 55.3 Å². The summed E-state index contributed by atoms with van der Waals surface area (Å²) in [6.07, 6.45) is 0. The summed E-state index contributed by atoms with van der Waals surface area (Å²) in [6, 6.07) is 15.0. The Morgan fingerprint density at radius 3 is 2.69 bits per heavy atom. The summed E-state index contributed by atoms with van der Waals surface area (Å²) >= 11 is 1.36. The van der Waals surface area contributed by atoms with Crippen LogP contribution in [0.5, 0.6) is 0 Å². The lowest BCUT2D eigenvalue weighted by Crippen LogP contribution is -2.15. The number of anilines is 5. The predicted octanol–water partition coefficient (Wildman–Crippen LogP) is 4.90. The molecular formula is C21H18FN5OS. The second-order valence-corrected chi connectivity index (χ2v) is 7.54. The summed E-state index contributed by atoms with van der Waals surface area (Å²) in [4.78, 5) is 17.2. The molecule has 0 saturated heterocycles. The molecule has 4 aromatic rings. The van der Waals surface area contributed by atoms with Gasteiger partial charge in [-0.15, -0.1) is 0 Å². The fourth-order valence-corrected chi connectivity index (χ4v) is 3.90. The summed E-state index contributed by atoms with van der Waals surface area (Å²) in [7, 11) is 0. The third-order valence-corrected chi connectivity index (χ3v) is 5.45. The molecule has 6 nitrogen and oxygen atoms in total. The van der Waals surface area contributed by atoms with Gasteiger partial charge in [0.05, 0.1) is 27.3 Å². The molecule has 0 bridgehead atoms. The topological polar surface area (TPSA) is 106 Å². The number of carbonyl (C=O) groups excluding carboxylic acids is 1. The molecule has 0 fully saturated rings. The van der Waals surface area contributed by atoms with Crippen LogP contribution < -0.4 is 22.1 Å². The highest BCUT2D eigenvalue weighted by molar-refractivity contribution is 7.22. The zero-order valence-corrected chi connectivity index (χ0v) is 16.3. The molecule has 1 aromatic heterocycles. The van der Waals surface area contributed by atoms with E-state index in [0.717, 1.165) is 10.2 Å². The van der Waals surface area contributed by atoms with Gasteiger partial charge in [0.25, 0.3) is 5.91 Å². The molecule has 0 saturated carbocycles. The van der Waals surface area contributed by atoms with E-state index >= 15 is 0 Å². The average molecular weight is 407 g/mol. The number of nitrogen functional groups attached to an aromatic ring is 2. The van der Waals surface area contributed by atoms with Crippen molar-refractivity contribution in [1.82, 2.24) is 4.98 Å². The first-order valence-electron chi connectivity index (χ1n) is 8.80. The number of fused-ring (bicyclic) bond motifs is 1. The predicted molar refractivity (Wildman–Crippen MR) is 117 cm³/mol. The highest BCUT2D eigenvalue weighted by Crippen LogP contribution is 2.33. The molecule has 0 aliphatic heterocycles. The molecule has 0 aliphatic carbocycles. The van der Waals surface area contributed by atoms with E-state index in [1.54, 1.807) is 37.3 Å². The fraction of sp³-hybridized carbons (Fsp3) is 0.0476. The van der Waals surface area contributed by atoms with Gasteiger partial charge in [-0.2, -0.15) is 0 Å². The van der Waals surface area contributed by atoms with Gasteiger partial charge in [-0.25, -0.2) is 9.37 Å². The Kier molecular flexibility index (Phi) is 4.77. The van der Waals surface area contributed by atoms with Crippen LogP contribution in [-0.4, -0.2) is 10.9 Å². The van der Waals surface area contributed by atoms with Crippen LogP contribution in [0.25, 0.3) is 10.2 Å². The number of hydrogen-bond donors (Lipinski definition) is 4. The molecular weight excluding hydrogens is 389 g/mol. The van der Waals surface area contributed by atoms with E-state index in [1.807, 2.05) is 12.1 Å². The van der Waals surface area contributed by atoms with E-state index in [9.17, 15) is 9.18 Å². The van der Waals surface area contributed by atoms with Crippen molar-refractivity contribution in [3.05, 3.63) is 71.5 Å². The van der Waals surface area contributed by atoms with Crippen LogP contribution in [0.1, 0.15) is 15.9 Å². The number of nitrogens with one attached hydrogen (secondary N) is 2. The van der Waals surface area contributed by atoms with Crippen LogP contribution in [0.2, 0.25) is 0 Å². The summed E-state index contributed by atoms with van der Waals surface area (Å²) in [5.41, 5.74) is 15.0. The lowest BCUT2D eigenvalue weighted by molar-refractivity contribution is 0.102. The summed E-state index contributed by atoms with van der Waals surface area (Å²) in [6.45, 7) is 1.68. The second kappa shape index (κ2) is 7.40. The van der Waals surface area contributed by atoms with Crippen molar-refractivity contribution in [2.24, 2.45) is 0 Å². The summed E-state index contributed by atoms with van der Waals surface area (Å²) in [5.74, 6) is -0.849. The Hall–Kier alpha value is -3.65. The minimum Gasteiger partial charge on any atom is -0.399 e. The first-order chi connectivity index (χ1) is 13.9. The summed E-state index contributed by atoms with van der Waals surface area (Å²) in [5, 5.41) is 6.28. The Balaban J connectivity index is 1.65. The van der Waals surface area contributed by atoms with Gasteiger partial charge in [-0.05, 0) is 55.0 Å². The van der Waals surface area contributed by atoms with E-state index < -0.39 is 5.82 Å². The molecule has 8 heteroatoms. The van der Waals surface area contributed by atoms with Crippen molar-refractivity contribution < 1.29 is 9.18 Å². The molecule has 0 radical (unpaired) electrons. The second-order valence-electron chi connectivity index (χ2n) is 6.51. The Labute approximate surface area is 170 Å². The SMILES string of the molecule is Cc1c(C(=O)Nc2ccccc2N)ccc(F)c1Nc1nc2ccc(N)cc2s1. The molecule has 0 unspecified atom stereocenters.